The van der Waals surface area contributed by atoms with Crippen molar-refractivity contribution in [1.82, 2.24) is 0 Å². The number of alkyl halides is 1. The number of halogens is 2. The van der Waals surface area contributed by atoms with E-state index in [9.17, 15) is 0 Å². The minimum Gasteiger partial charge on any atom is -0.126 e. The van der Waals surface area contributed by atoms with Crippen molar-refractivity contribution in [3.05, 3.63) is 23.8 Å². The van der Waals surface area contributed by atoms with Crippen molar-refractivity contribution in [2.75, 3.05) is 5.88 Å². The van der Waals surface area contributed by atoms with Gasteiger partial charge in [-0.05, 0) is 20.3 Å². The second-order valence-electron chi connectivity index (χ2n) is 1.95. The second kappa shape index (κ2) is 11.8. The van der Waals surface area contributed by atoms with Gasteiger partial charge in [0.25, 0.3) is 0 Å². The summed E-state index contributed by atoms with van der Waals surface area (Å²) in [6.45, 7) is 7.37. The number of hydrogen-bond acceptors (Lipinski definition) is 0. The van der Waals surface area contributed by atoms with Crippen LogP contribution in [0.1, 0.15) is 20.3 Å². The highest BCUT2D eigenvalue weighted by Gasteiger charge is 1.64. The molecule has 0 bridgehead atoms. The first-order valence-corrected chi connectivity index (χ1v) is 4.06. The van der Waals surface area contributed by atoms with Crippen LogP contribution >= 0.6 is 23.2 Å². The average molecular weight is 181 g/mol. The Labute approximate surface area is 73.5 Å². The van der Waals surface area contributed by atoms with Gasteiger partial charge in [0.15, 0.2) is 0 Å². The molecule has 0 rings (SSSR count). The highest BCUT2D eigenvalue weighted by molar-refractivity contribution is 6.25. The normalized spacial score (nSPS) is 7.20. The molecule has 0 unspecified atom stereocenters. The van der Waals surface area contributed by atoms with Gasteiger partial charge in [-0.3, -0.25) is 0 Å². The maximum Gasteiger partial charge on any atom is 0.0257 e. The molecule has 0 aliphatic rings. The van der Waals surface area contributed by atoms with Crippen molar-refractivity contribution in [3.8, 4) is 0 Å². The van der Waals surface area contributed by atoms with Gasteiger partial charge in [0.2, 0.25) is 0 Å². The fourth-order valence-corrected chi connectivity index (χ4v) is 0.231. The lowest BCUT2D eigenvalue weighted by Gasteiger charge is -1.71. The van der Waals surface area contributed by atoms with Crippen LogP contribution in [-0.2, 0) is 0 Å². The van der Waals surface area contributed by atoms with Crippen LogP contribution in [-0.4, -0.2) is 5.88 Å². The summed E-state index contributed by atoms with van der Waals surface area (Å²) in [5.41, 5.74) is 2.70. The molecule has 0 N–H and O–H groups in total. The summed E-state index contributed by atoms with van der Waals surface area (Å²) in [5, 5.41) is 0. The molecule has 0 heterocycles. The van der Waals surface area contributed by atoms with Crippen molar-refractivity contribution in [2.24, 2.45) is 0 Å². The van der Waals surface area contributed by atoms with E-state index in [0.29, 0.717) is 5.88 Å². The maximum atomic E-state index is 5.23. The van der Waals surface area contributed by atoms with E-state index in [4.69, 9.17) is 23.2 Å². The first kappa shape index (κ1) is 12.7. The lowest BCUT2D eigenvalue weighted by molar-refractivity contribution is 1.24. The molecule has 0 aliphatic heterocycles. The average Bonchev–Trinajstić information content (AvgIpc) is 1.91. The van der Waals surface area contributed by atoms with Gasteiger partial charge in [-0.2, -0.15) is 0 Å². The Balaban J connectivity index is 0. The summed E-state index contributed by atoms with van der Waals surface area (Å²) in [6, 6.07) is 0. The van der Waals surface area contributed by atoms with Crippen LogP contribution in [0.5, 0.6) is 0 Å². The Bertz CT molecular complexity index is 91.4. The van der Waals surface area contributed by atoms with E-state index >= 15 is 0 Å². The first-order chi connectivity index (χ1) is 4.68. The molecule has 60 valence electrons. The highest BCUT2D eigenvalue weighted by Crippen LogP contribution is 1.88. The summed E-state index contributed by atoms with van der Waals surface area (Å²) in [4.78, 5) is 0. The Kier molecular flexibility index (Phi) is 15.0. The van der Waals surface area contributed by atoms with E-state index in [1.54, 1.807) is 11.6 Å². The zero-order chi connectivity index (χ0) is 8.41. The fourth-order valence-electron chi connectivity index (χ4n) is 0.0772. The molecule has 0 fully saturated rings. The molecule has 0 nitrogen and oxygen atoms in total. The molecule has 10 heavy (non-hydrogen) atoms. The van der Waals surface area contributed by atoms with E-state index in [1.807, 2.05) is 13.8 Å². The smallest absolute Gasteiger partial charge is 0.0257 e. The SMILES string of the molecule is C=CCCCl.CC(C)=CCl. The minimum absolute atomic E-state index is 0.698. The maximum absolute atomic E-state index is 5.23. The van der Waals surface area contributed by atoms with Crippen LogP contribution in [0, 0.1) is 0 Å². The highest BCUT2D eigenvalue weighted by atomic mass is 35.5. The monoisotopic (exact) mass is 180 g/mol. The number of rotatable bonds is 2. The van der Waals surface area contributed by atoms with E-state index in [1.165, 1.54) is 0 Å². The first-order valence-electron chi connectivity index (χ1n) is 3.09. The molecular weight excluding hydrogens is 167 g/mol. The summed E-state index contributed by atoms with van der Waals surface area (Å²) >= 11 is 10.4. The second-order valence-corrected chi connectivity index (χ2v) is 2.55. The zero-order valence-electron chi connectivity index (χ0n) is 6.53. The van der Waals surface area contributed by atoms with Crippen molar-refractivity contribution < 1.29 is 0 Å². The number of hydrogen-bond donors (Lipinski definition) is 0. The van der Waals surface area contributed by atoms with E-state index in [2.05, 4.69) is 6.58 Å². The predicted octanol–water partition coefficient (Wildman–Crippen LogP) is 3.95. The quantitative estimate of drug-likeness (QED) is 0.447. The third kappa shape index (κ3) is 24.4. The molecule has 0 saturated heterocycles. The molecule has 0 spiro atoms. The summed E-state index contributed by atoms with van der Waals surface area (Å²) in [5.74, 6) is 0.698. The van der Waals surface area contributed by atoms with E-state index in [0.717, 1.165) is 12.0 Å². The Hall–Kier alpha value is 0.0600. The van der Waals surface area contributed by atoms with Gasteiger partial charge >= 0.3 is 0 Å². The van der Waals surface area contributed by atoms with Crippen molar-refractivity contribution in [1.29, 1.82) is 0 Å². The lowest BCUT2D eigenvalue weighted by atomic mass is 10.4. The summed E-state index contributed by atoms with van der Waals surface area (Å²) < 4.78 is 0. The van der Waals surface area contributed by atoms with Crippen molar-refractivity contribution in [2.45, 2.75) is 20.3 Å². The van der Waals surface area contributed by atoms with Gasteiger partial charge in [0.1, 0.15) is 0 Å². The number of allylic oxidation sites excluding steroid dienone is 2. The van der Waals surface area contributed by atoms with Crippen LogP contribution in [0.15, 0.2) is 23.8 Å². The largest absolute Gasteiger partial charge is 0.126 e. The molecule has 0 radical (unpaired) electrons. The lowest BCUT2D eigenvalue weighted by Crippen LogP contribution is -1.59. The summed E-state index contributed by atoms with van der Waals surface area (Å²) in [7, 11) is 0. The van der Waals surface area contributed by atoms with E-state index in [-0.39, 0.29) is 0 Å². The van der Waals surface area contributed by atoms with Gasteiger partial charge in [0.05, 0.1) is 0 Å². The molecule has 0 saturated carbocycles. The van der Waals surface area contributed by atoms with Gasteiger partial charge < -0.3 is 0 Å². The fraction of sp³-hybridized carbons (Fsp3) is 0.500. The zero-order valence-corrected chi connectivity index (χ0v) is 8.04. The third-order valence-corrected chi connectivity index (χ3v) is 1.19. The molecule has 0 atom stereocenters. The molecular formula is C8H14Cl2. The van der Waals surface area contributed by atoms with Crippen LogP contribution in [0.2, 0.25) is 0 Å². The molecule has 0 aromatic carbocycles. The Morgan fingerprint density at radius 3 is 1.90 bits per heavy atom. The predicted molar refractivity (Wildman–Crippen MR) is 50.8 cm³/mol. The molecule has 0 aliphatic carbocycles. The Morgan fingerprint density at radius 2 is 1.90 bits per heavy atom. The van der Waals surface area contributed by atoms with E-state index < -0.39 is 0 Å². The van der Waals surface area contributed by atoms with Gasteiger partial charge in [-0.15, -0.1) is 18.2 Å². The topological polar surface area (TPSA) is 0 Å². The minimum atomic E-state index is 0.698. The van der Waals surface area contributed by atoms with Crippen LogP contribution < -0.4 is 0 Å². The Morgan fingerprint density at radius 1 is 1.50 bits per heavy atom. The third-order valence-electron chi connectivity index (χ3n) is 0.531. The molecule has 2 heteroatoms. The molecule has 0 amide bonds. The van der Waals surface area contributed by atoms with Crippen LogP contribution in [0.3, 0.4) is 0 Å². The standard InChI is InChI=1S/2C4H7Cl/c1-4(2)3-5;1-2-3-4-5/h3H,1-2H3;2H,1,3-4H2. The van der Waals surface area contributed by atoms with Crippen LogP contribution in [0.25, 0.3) is 0 Å². The van der Waals surface area contributed by atoms with Gasteiger partial charge in [-0.1, -0.05) is 23.3 Å². The van der Waals surface area contributed by atoms with Gasteiger partial charge in [-0.25, -0.2) is 0 Å². The summed E-state index contributed by atoms with van der Waals surface area (Å²) in [6.07, 6.45) is 2.72. The van der Waals surface area contributed by atoms with Crippen molar-refractivity contribution >= 4 is 23.2 Å². The van der Waals surface area contributed by atoms with Crippen LogP contribution in [0.4, 0.5) is 0 Å². The van der Waals surface area contributed by atoms with Gasteiger partial charge in [0, 0.05) is 11.4 Å². The van der Waals surface area contributed by atoms with Crippen molar-refractivity contribution in [3.63, 3.8) is 0 Å². The molecule has 0 aromatic heterocycles. The molecule has 0 aromatic rings.